The maximum Gasteiger partial charge on any atom is 0.276 e. The molecule has 2 heterocycles. The monoisotopic (exact) mass is 220 g/mol. The van der Waals surface area contributed by atoms with E-state index in [1.54, 1.807) is 0 Å². The van der Waals surface area contributed by atoms with E-state index in [1.165, 1.54) is 4.31 Å². The summed E-state index contributed by atoms with van der Waals surface area (Å²) in [5, 5.41) is 5.05. The lowest BCUT2D eigenvalue weighted by Crippen LogP contribution is -2.48. The normalized spacial score (nSPS) is 28.4. The predicted octanol–water partition coefficient (Wildman–Crippen LogP) is -0.165. The Bertz CT molecular complexity index is 299. The molecule has 2 N–H and O–H groups in total. The second-order valence-electron chi connectivity index (χ2n) is 4.08. The molecule has 0 aliphatic carbocycles. The number of rotatable bonds is 1. The molecule has 0 aromatic carbocycles. The first-order valence-electron chi connectivity index (χ1n) is 4.94. The van der Waals surface area contributed by atoms with E-state index < -0.39 is 10.2 Å². The fourth-order valence-electron chi connectivity index (χ4n) is 2.30. The number of hydrogen-bond acceptors (Lipinski definition) is 3. The molecule has 0 saturated carbocycles. The first-order valence-corrected chi connectivity index (χ1v) is 6.44. The predicted molar refractivity (Wildman–Crippen MR) is 51.8 cm³/mol. The minimum absolute atomic E-state index is 0.0405. The first-order chi connectivity index (χ1) is 6.52. The Morgan fingerprint density at radius 3 is 2.29 bits per heavy atom. The van der Waals surface area contributed by atoms with Crippen LogP contribution in [-0.4, -0.2) is 38.0 Å². The van der Waals surface area contributed by atoms with Crippen LogP contribution in [-0.2, 0) is 14.9 Å². The molecule has 0 bridgehead atoms. The number of ether oxygens (including phenoxy) is 1. The molecule has 0 atom stereocenters. The molecule has 0 amide bonds. The summed E-state index contributed by atoms with van der Waals surface area (Å²) >= 11 is 0. The van der Waals surface area contributed by atoms with Crippen LogP contribution in [0.1, 0.15) is 25.7 Å². The average Bonchev–Trinajstić information content (AvgIpc) is 2.53. The van der Waals surface area contributed by atoms with Gasteiger partial charge in [-0.15, -0.1) is 0 Å². The zero-order valence-electron chi connectivity index (χ0n) is 8.11. The van der Waals surface area contributed by atoms with Crippen molar-refractivity contribution in [1.82, 2.24) is 4.31 Å². The summed E-state index contributed by atoms with van der Waals surface area (Å²) in [5.74, 6) is 0. The van der Waals surface area contributed by atoms with Gasteiger partial charge in [-0.25, -0.2) is 5.14 Å². The zero-order valence-corrected chi connectivity index (χ0v) is 8.92. The average molecular weight is 220 g/mol. The molecule has 6 heteroatoms. The molecule has 2 fully saturated rings. The highest BCUT2D eigenvalue weighted by Gasteiger charge is 2.40. The van der Waals surface area contributed by atoms with Crippen molar-refractivity contribution in [2.75, 3.05) is 19.7 Å². The van der Waals surface area contributed by atoms with Gasteiger partial charge in [-0.3, -0.25) is 0 Å². The van der Waals surface area contributed by atoms with E-state index in [0.29, 0.717) is 13.1 Å². The van der Waals surface area contributed by atoms with Crippen molar-refractivity contribution in [3.8, 4) is 0 Å². The Morgan fingerprint density at radius 1 is 1.21 bits per heavy atom. The van der Waals surface area contributed by atoms with E-state index in [9.17, 15) is 8.42 Å². The molecule has 0 aromatic rings. The van der Waals surface area contributed by atoms with Gasteiger partial charge in [0, 0.05) is 19.7 Å². The molecule has 0 unspecified atom stereocenters. The standard InChI is InChI=1S/C8H16N2O3S/c9-14(11,12)10-5-3-8(4-6-10)2-1-7-13-8/h1-7H2,(H2,9,11,12). The Balaban J connectivity index is 1.98. The Kier molecular flexibility index (Phi) is 2.55. The fraction of sp³-hybridized carbons (Fsp3) is 1.00. The van der Waals surface area contributed by atoms with Gasteiger partial charge in [0.2, 0.25) is 0 Å². The quantitative estimate of drug-likeness (QED) is 0.667. The number of nitrogens with two attached hydrogens (primary N) is 1. The summed E-state index contributed by atoms with van der Waals surface area (Å²) in [6.07, 6.45) is 3.72. The Morgan fingerprint density at radius 2 is 1.86 bits per heavy atom. The molecule has 2 saturated heterocycles. The van der Waals surface area contributed by atoms with Gasteiger partial charge in [-0.1, -0.05) is 0 Å². The maximum atomic E-state index is 11.1. The lowest BCUT2D eigenvalue weighted by atomic mass is 9.90. The van der Waals surface area contributed by atoms with E-state index >= 15 is 0 Å². The molecule has 14 heavy (non-hydrogen) atoms. The molecule has 2 rings (SSSR count). The minimum atomic E-state index is -3.49. The van der Waals surface area contributed by atoms with Gasteiger partial charge in [0.15, 0.2) is 0 Å². The van der Waals surface area contributed by atoms with Crippen LogP contribution in [0.5, 0.6) is 0 Å². The van der Waals surface area contributed by atoms with Gasteiger partial charge in [0.05, 0.1) is 5.60 Å². The van der Waals surface area contributed by atoms with Crippen LogP contribution in [0.15, 0.2) is 0 Å². The largest absolute Gasteiger partial charge is 0.375 e. The van der Waals surface area contributed by atoms with Crippen LogP contribution in [0.25, 0.3) is 0 Å². The zero-order chi connectivity index (χ0) is 10.2. The highest BCUT2D eigenvalue weighted by molar-refractivity contribution is 7.86. The van der Waals surface area contributed by atoms with Crippen LogP contribution in [0.3, 0.4) is 0 Å². The van der Waals surface area contributed by atoms with Crippen molar-refractivity contribution in [3.05, 3.63) is 0 Å². The van der Waals surface area contributed by atoms with Crippen molar-refractivity contribution >= 4 is 10.2 Å². The van der Waals surface area contributed by atoms with E-state index in [4.69, 9.17) is 9.88 Å². The molecule has 0 aromatic heterocycles. The molecule has 2 aliphatic heterocycles. The van der Waals surface area contributed by atoms with E-state index in [0.717, 1.165) is 32.3 Å². The van der Waals surface area contributed by atoms with Gasteiger partial charge in [0.1, 0.15) is 0 Å². The molecule has 0 radical (unpaired) electrons. The van der Waals surface area contributed by atoms with Gasteiger partial charge in [-0.2, -0.15) is 12.7 Å². The third-order valence-corrected chi connectivity index (χ3v) is 4.26. The van der Waals surface area contributed by atoms with E-state index in [2.05, 4.69) is 0 Å². The molecular formula is C8H16N2O3S. The van der Waals surface area contributed by atoms with Crippen LogP contribution < -0.4 is 5.14 Å². The van der Waals surface area contributed by atoms with Crippen LogP contribution in [0, 0.1) is 0 Å². The second-order valence-corrected chi connectivity index (χ2v) is 5.63. The summed E-state index contributed by atoms with van der Waals surface area (Å²) in [5.41, 5.74) is -0.0405. The summed E-state index contributed by atoms with van der Waals surface area (Å²) in [4.78, 5) is 0. The third kappa shape index (κ3) is 1.93. The molecule has 82 valence electrons. The van der Waals surface area contributed by atoms with Crippen molar-refractivity contribution in [1.29, 1.82) is 0 Å². The maximum absolute atomic E-state index is 11.1. The van der Waals surface area contributed by atoms with Crippen molar-refractivity contribution in [2.45, 2.75) is 31.3 Å². The molecule has 2 aliphatic rings. The van der Waals surface area contributed by atoms with Crippen molar-refractivity contribution in [3.63, 3.8) is 0 Å². The fourth-order valence-corrected chi connectivity index (χ4v) is 2.99. The molecule has 5 nitrogen and oxygen atoms in total. The topological polar surface area (TPSA) is 72.6 Å². The lowest BCUT2D eigenvalue weighted by Gasteiger charge is -2.37. The van der Waals surface area contributed by atoms with Gasteiger partial charge < -0.3 is 4.74 Å². The van der Waals surface area contributed by atoms with Crippen LogP contribution in [0.4, 0.5) is 0 Å². The van der Waals surface area contributed by atoms with E-state index in [-0.39, 0.29) is 5.60 Å². The summed E-state index contributed by atoms with van der Waals surface area (Å²) in [6.45, 7) is 1.81. The van der Waals surface area contributed by atoms with Crippen molar-refractivity contribution < 1.29 is 13.2 Å². The first kappa shape index (κ1) is 10.4. The van der Waals surface area contributed by atoms with Gasteiger partial charge >= 0.3 is 0 Å². The highest BCUT2D eigenvalue weighted by Crippen LogP contribution is 2.35. The van der Waals surface area contributed by atoms with E-state index in [1.807, 2.05) is 0 Å². The van der Waals surface area contributed by atoms with Crippen LogP contribution in [0.2, 0.25) is 0 Å². The van der Waals surface area contributed by atoms with Crippen LogP contribution >= 0.6 is 0 Å². The SMILES string of the molecule is NS(=O)(=O)N1CCC2(CCCO2)CC1. The number of piperidine rings is 1. The Hall–Kier alpha value is -0.170. The molecule has 1 spiro atoms. The number of hydrogen-bond donors (Lipinski definition) is 1. The Labute approximate surface area is 84.4 Å². The lowest BCUT2D eigenvalue weighted by molar-refractivity contribution is -0.0309. The van der Waals surface area contributed by atoms with Crippen molar-refractivity contribution in [2.24, 2.45) is 5.14 Å². The van der Waals surface area contributed by atoms with Gasteiger partial charge in [-0.05, 0) is 25.7 Å². The number of nitrogens with zero attached hydrogens (tertiary/aromatic N) is 1. The molecular weight excluding hydrogens is 204 g/mol. The summed E-state index contributed by atoms with van der Waals surface area (Å²) in [6, 6.07) is 0. The smallest absolute Gasteiger partial charge is 0.276 e. The summed E-state index contributed by atoms with van der Waals surface area (Å²) in [7, 11) is -3.49. The second kappa shape index (κ2) is 3.44. The summed E-state index contributed by atoms with van der Waals surface area (Å²) < 4.78 is 29.1. The van der Waals surface area contributed by atoms with Gasteiger partial charge in [0.25, 0.3) is 10.2 Å². The highest BCUT2D eigenvalue weighted by atomic mass is 32.2. The minimum Gasteiger partial charge on any atom is -0.375 e. The third-order valence-electron chi connectivity index (χ3n) is 3.18.